The van der Waals surface area contributed by atoms with Gasteiger partial charge < -0.3 is 0 Å². The van der Waals surface area contributed by atoms with Gasteiger partial charge in [0.25, 0.3) is 0 Å². The smallest absolute Gasteiger partial charge is 0.166 e. The zero-order chi connectivity index (χ0) is 19.3. The number of aryl methyl sites for hydroxylation is 1. The number of hydrogen-bond donors (Lipinski definition) is 0. The van der Waals surface area contributed by atoms with Crippen LogP contribution in [0.25, 0.3) is 22.8 Å². The zero-order valence-corrected chi connectivity index (χ0v) is 15.3. The molecule has 2 aliphatic rings. The topological polar surface area (TPSA) is 0 Å². The molecule has 5 rings (SSSR count). The van der Waals surface area contributed by atoms with Crippen LogP contribution in [0.1, 0.15) is 35.1 Å². The van der Waals surface area contributed by atoms with Crippen molar-refractivity contribution in [3.8, 4) is 11.1 Å². The van der Waals surface area contributed by atoms with Crippen molar-refractivity contribution in [1.82, 2.24) is 0 Å². The Morgan fingerprint density at radius 3 is 2.46 bits per heavy atom. The average molecular weight is 376 g/mol. The molecule has 0 atom stereocenters. The predicted octanol–water partition coefficient (Wildman–Crippen LogP) is 5.24. The summed E-state index contributed by atoms with van der Waals surface area (Å²) >= 11 is 0. The lowest BCUT2D eigenvalue weighted by atomic mass is 9.83. The van der Waals surface area contributed by atoms with Crippen molar-refractivity contribution in [3.05, 3.63) is 93.4 Å². The van der Waals surface area contributed by atoms with E-state index in [2.05, 4.69) is 36.4 Å². The Balaban J connectivity index is 1.82. The second-order valence-electron chi connectivity index (χ2n) is 7.54. The molecule has 2 aliphatic carbocycles. The third-order valence-corrected chi connectivity index (χ3v) is 5.88. The number of rotatable bonds is 1. The van der Waals surface area contributed by atoms with Crippen LogP contribution in [-0.2, 0) is 19.0 Å². The van der Waals surface area contributed by atoms with Gasteiger partial charge in [-0.05, 0) is 81.6 Å². The molecule has 0 radical (unpaired) electrons. The summed E-state index contributed by atoms with van der Waals surface area (Å²) in [6, 6.07) is 18.5. The molecule has 3 aromatic carbocycles. The first-order chi connectivity index (χ1) is 13.5. The molecular formula is C25H19F3. The first kappa shape index (κ1) is 17.3. The highest BCUT2D eigenvalue weighted by Crippen LogP contribution is 2.32. The molecule has 0 amide bonds. The van der Waals surface area contributed by atoms with Crippen molar-refractivity contribution in [2.24, 2.45) is 0 Å². The quantitative estimate of drug-likeness (QED) is 0.545. The van der Waals surface area contributed by atoms with Gasteiger partial charge >= 0.3 is 6.18 Å². The van der Waals surface area contributed by atoms with Crippen LogP contribution in [0.15, 0.2) is 60.7 Å². The Kier molecular flexibility index (Phi) is 3.94. The molecule has 0 fully saturated rings. The minimum atomic E-state index is -4.32. The zero-order valence-electron chi connectivity index (χ0n) is 15.3. The number of alkyl halides is 3. The molecule has 0 saturated heterocycles. The fraction of sp³-hybridized carbons (Fsp3) is 0.200. The van der Waals surface area contributed by atoms with Crippen LogP contribution < -0.4 is 10.4 Å². The Morgan fingerprint density at radius 1 is 0.750 bits per heavy atom. The molecule has 140 valence electrons. The van der Waals surface area contributed by atoms with E-state index in [0.717, 1.165) is 42.5 Å². The third kappa shape index (κ3) is 2.77. The lowest BCUT2D eigenvalue weighted by Crippen LogP contribution is -2.36. The van der Waals surface area contributed by atoms with E-state index >= 15 is 0 Å². The summed E-state index contributed by atoms with van der Waals surface area (Å²) in [5.41, 5.74) is 6.11. The summed E-state index contributed by atoms with van der Waals surface area (Å²) in [6.45, 7) is 0. The van der Waals surface area contributed by atoms with Crippen LogP contribution in [0.4, 0.5) is 13.2 Å². The van der Waals surface area contributed by atoms with Gasteiger partial charge in [-0.25, -0.2) is 0 Å². The Bertz CT molecular complexity index is 1200. The highest BCUT2D eigenvalue weighted by atomic mass is 19.4. The van der Waals surface area contributed by atoms with E-state index in [0.29, 0.717) is 5.56 Å². The minimum Gasteiger partial charge on any atom is -0.166 e. The molecule has 28 heavy (non-hydrogen) atoms. The number of hydrogen-bond acceptors (Lipinski definition) is 0. The summed E-state index contributed by atoms with van der Waals surface area (Å²) in [4.78, 5) is 0. The number of halogens is 3. The van der Waals surface area contributed by atoms with Crippen molar-refractivity contribution in [3.63, 3.8) is 0 Å². The monoisotopic (exact) mass is 376 g/mol. The van der Waals surface area contributed by atoms with Crippen molar-refractivity contribution in [2.45, 2.75) is 31.9 Å². The summed E-state index contributed by atoms with van der Waals surface area (Å²) in [7, 11) is 0. The van der Waals surface area contributed by atoms with Crippen molar-refractivity contribution >= 4 is 11.6 Å². The largest absolute Gasteiger partial charge is 0.416 e. The van der Waals surface area contributed by atoms with Crippen molar-refractivity contribution in [2.75, 3.05) is 0 Å². The average Bonchev–Trinajstić information content (AvgIpc) is 2.72. The summed E-state index contributed by atoms with van der Waals surface area (Å²) in [5, 5.41) is 2.33. The Labute approximate surface area is 161 Å². The van der Waals surface area contributed by atoms with E-state index in [-0.39, 0.29) is 0 Å². The summed E-state index contributed by atoms with van der Waals surface area (Å²) in [6.07, 6.45) is 1.52. The number of benzene rings is 3. The van der Waals surface area contributed by atoms with Crippen molar-refractivity contribution < 1.29 is 13.2 Å². The minimum absolute atomic E-state index is 0.580. The fourth-order valence-electron chi connectivity index (χ4n) is 4.60. The van der Waals surface area contributed by atoms with E-state index < -0.39 is 11.7 Å². The van der Waals surface area contributed by atoms with Gasteiger partial charge in [-0.15, -0.1) is 0 Å². The molecule has 0 aliphatic heterocycles. The molecule has 0 heterocycles. The molecule has 0 nitrogen and oxygen atoms in total. The molecule has 0 aromatic heterocycles. The van der Waals surface area contributed by atoms with Crippen LogP contribution in [0, 0.1) is 0 Å². The first-order valence-corrected chi connectivity index (χ1v) is 9.63. The lowest BCUT2D eigenvalue weighted by molar-refractivity contribution is -0.137. The lowest BCUT2D eigenvalue weighted by Gasteiger charge is -2.22. The van der Waals surface area contributed by atoms with Crippen LogP contribution in [-0.4, -0.2) is 0 Å². The molecule has 3 aromatic rings. The Morgan fingerprint density at radius 2 is 1.61 bits per heavy atom. The normalized spacial score (nSPS) is 15.3. The maximum Gasteiger partial charge on any atom is 0.416 e. The molecule has 0 bridgehead atoms. The molecule has 0 saturated carbocycles. The standard InChI is InChI=1S/C25H19F3/c26-25(27,28)19-8-3-7-18(15-19)21-10-4-6-17-12-13-22-20-9-2-1-5-16(20)11-14-23(22)24(17)21/h1-3,5,7-9,12-15H,4,6,10-11H2. The summed E-state index contributed by atoms with van der Waals surface area (Å²) in [5.74, 6) is 0. The molecule has 3 heteroatoms. The second kappa shape index (κ2) is 6.37. The molecule has 0 spiro atoms. The molecule has 0 unspecified atom stereocenters. The van der Waals surface area contributed by atoms with Gasteiger partial charge in [-0.2, -0.15) is 13.2 Å². The van der Waals surface area contributed by atoms with Crippen LogP contribution >= 0.6 is 0 Å². The second-order valence-corrected chi connectivity index (χ2v) is 7.54. The van der Waals surface area contributed by atoms with Gasteiger partial charge in [-0.1, -0.05) is 54.6 Å². The van der Waals surface area contributed by atoms with E-state index in [4.69, 9.17) is 0 Å². The maximum absolute atomic E-state index is 13.3. The Hall–Kier alpha value is -2.81. The van der Waals surface area contributed by atoms with E-state index in [1.807, 2.05) is 12.1 Å². The van der Waals surface area contributed by atoms with Gasteiger partial charge in [-0.3, -0.25) is 0 Å². The van der Waals surface area contributed by atoms with Gasteiger partial charge in [0.15, 0.2) is 0 Å². The van der Waals surface area contributed by atoms with Gasteiger partial charge in [0, 0.05) is 0 Å². The van der Waals surface area contributed by atoms with Gasteiger partial charge in [0.05, 0.1) is 5.56 Å². The van der Waals surface area contributed by atoms with Crippen LogP contribution in [0.5, 0.6) is 0 Å². The van der Waals surface area contributed by atoms with Crippen LogP contribution in [0.3, 0.4) is 0 Å². The van der Waals surface area contributed by atoms with Gasteiger partial charge in [0.2, 0.25) is 0 Å². The number of fused-ring (bicyclic) bond motifs is 5. The third-order valence-electron chi connectivity index (χ3n) is 5.88. The highest BCUT2D eigenvalue weighted by molar-refractivity contribution is 5.77. The SMILES string of the molecule is FC(F)(F)c1cccc(C2=c3c(ccc4c3=CCc3ccccc3-4)CCC2)c1. The van der Waals surface area contributed by atoms with E-state index in [1.54, 1.807) is 0 Å². The van der Waals surface area contributed by atoms with E-state index in [1.165, 1.54) is 39.6 Å². The molecule has 0 N–H and O–H groups in total. The van der Waals surface area contributed by atoms with E-state index in [9.17, 15) is 13.2 Å². The fourth-order valence-corrected chi connectivity index (χ4v) is 4.60. The predicted molar refractivity (Wildman–Crippen MR) is 106 cm³/mol. The highest BCUT2D eigenvalue weighted by Gasteiger charge is 2.30. The van der Waals surface area contributed by atoms with Crippen LogP contribution in [0.2, 0.25) is 0 Å². The van der Waals surface area contributed by atoms with Gasteiger partial charge in [0.1, 0.15) is 0 Å². The first-order valence-electron chi connectivity index (χ1n) is 9.63. The summed E-state index contributed by atoms with van der Waals surface area (Å²) < 4.78 is 39.8. The maximum atomic E-state index is 13.3. The molecular weight excluding hydrogens is 357 g/mol. The van der Waals surface area contributed by atoms with Crippen molar-refractivity contribution in [1.29, 1.82) is 0 Å².